The van der Waals surface area contributed by atoms with E-state index in [0.717, 1.165) is 17.8 Å². The van der Waals surface area contributed by atoms with E-state index in [9.17, 15) is 0 Å². The highest BCUT2D eigenvalue weighted by molar-refractivity contribution is 5.06. The van der Waals surface area contributed by atoms with Crippen LogP contribution >= 0.6 is 0 Å². The molecule has 0 amide bonds. The Labute approximate surface area is 104 Å². The Bertz CT molecular complexity index is 368. The largest absolute Gasteiger partial charge is 0.351 e. The first kappa shape index (κ1) is 10.2. The minimum atomic E-state index is 0.647. The third kappa shape index (κ3) is 1.44. The predicted octanol–water partition coefficient (Wildman–Crippen LogP) is 4.27. The first-order valence-corrected chi connectivity index (χ1v) is 7.38. The van der Waals surface area contributed by atoms with Gasteiger partial charge in [0.25, 0.3) is 0 Å². The van der Waals surface area contributed by atoms with Gasteiger partial charge in [0.05, 0.1) is 0 Å². The molecular weight excluding hydrogens is 206 g/mol. The highest BCUT2D eigenvalue weighted by atomic mass is 15.0. The summed E-state index contributed by atoms with van der Waals surface area (Å²) in [4.78, 5) is 0. The molecule has 4 aliphatic carbocycles. The summed E-state index contributed by atoms with van der Waals surface area (Å²) in [6, 6.07) is 5.07. The fourth-order valence-corrected chi connectivity index (χ4v) is 5.61. The Morgan fingerprint density at radius 1 is 0.941 bits per heavy atom. The van der Waals surface area contributed by atoms with Crippen LogP contribution in [0.25, 0.3) is 0 Å². The average molecular weight is 229 g/mol. The summed E-state index contributed by atoms with van der Waals surface area (Å²) in [7, 11) is 0. The molecule has 4 bridgehead atoms. The molecule has 1 aromatic heterocycles. The topological polar surface area (TPSA) is 4.93 Å². The quantitative estimate of drug-likeness (QED) is 0.714. The lowest BCUT2D eigenvalue weighted by Crippen LogP contribution is -2.49. The van der Waals surface area contributed by atoms with Gasteiger partial charge in [-0.05, 0) is 80.8 Å². The molecule has 92 valence electrons. The van der Waals surface area contributed by atoms with Crippen molar-refractivity contribution in [2.24, 2.45) is 23.2 Å². The fraction of sp³-hybridized carbons (Fsp3) is 0.750. The van der Waals surface area contributed by atoms with Crippen molar-refractivity contribution < 1.29 is 0 Å². The number of rotatable bonds is 2. The van der Waals surface area contributed by atoms with Gasteiger partial charge in [0.15, 0.2) is 0 Å². The highest BCUT2D eigenvalue weighted by Gasteiger charge is 2.53. The van der Waals surface area contributed by atoms with E-state index in [1.807, 2.05) is 0 Å². The van der Waals surface area contributed by atoms with Crippen LogP contribution in [0.2, 0.25) is 0 Å². The van der Waals surface area contributed by atoms with Crippen LogP contribution in [0.4, 0.5) is 0 Å². The zero-order valence-electron chi connectivity index (χ0n) is 10.8. The second-order valence-corrected chi connectivity index (χ2v) is 7.09. The van der Waals surface area contributed by atoms with Crippen LogP contribution < -0.4 is 0 Å². The van der Waals surface area contributed by atoms with Gasteiger partial charge >= 0.3 is 0 Å². The third-order valence-corrected chi connectivity index (χ3v) is 6.05. The zero-order valence-corrected chi connectivity index (χ0v) is 10.8. The lowest BCUT2D eigenvalue weighted by Gasteiger charge is -2.59. The highest BCUT2D eigenvalue weighted by Crippen LogP contribution is 2.63. The second kappa shape index (κ2) is 3.40. The molecule has 0 N–H and O–H groups in total. The molecule has 5 rings (SSSR count). The van der Waals surface area contributed by atoms with Gasteiger partial charge in [-0.2, -0.15) is 0 Å². The molecule has 0 radical (unpaired) electrons. The summed E-state index contributed by atoms with van der Waals surface area (Å²) < 4.78 is 2.47. The summed E-state index contributed by atoms with van der Waals surface area (Å²) in [6.07, 6.45) is 13.7. The van der Waals surface area contributed by atoms with Crippen molar-refractivity contribution in [2.75, 3.05) is 0 Å². The Kier molecular flexibility index (Phi) is 2.04. The van der Waals surface area contributed by atoms with Crippen molar-refractivity contribution in [3.05, 3.63) is 24.5 Å². The molecule has 0 aromatic carbocycles. The maximum Gasteiger partial charge on any atom is 0.0359 e. The lowest BCUT2D eigenvalue weighted by atomic mass is 9.48. The lowest BCUT2D eigenvalue weighted by molar-refractivity contribution is -0.0787. The first-order chi connectivity index (χ1) is 8.25. The molecule has 1 heteroatoms. The van der Waals surface area contributed by atoms with E-state index in [1.165, 1.54) is 19.3 Å². The van der Waals surface area contributed by atoms with Crippen molar-refractivity contribution in [2.45, 2.75) is 51.5 Å². The van der Waals surface area contributed by atoms with Crippen molar-refractivity contribution >= 4 is 0 Å². The standard InChI is InChI=1S/C16H23N/c1-12(17-4-2-3-5-17)16-9-13-6-14(10-16)8-15(7-13)11-16/h2-5,12-15H,6-11H2,1H3. The van der Waals surface area contributed by atoms with Crippen LogP contribution in [0.1, 0.15) is 51.5 Å². The van der Waals surface area contributed by atoms with Crippen LogP contribution in [0, 0.1) is 23.2 Å². The SMILES string of the molecule is CC(n1cccc1)C12CC3CC(CC(C3)C1)C2. The molecule has 1 atom stereocenters. The summed E-state index contributed by atoms with van der Waals surface area (Å²) in [5, 5.41) is 0. The summed E-state index contributed by atoms with van der Waals surface area (Å²) in [5.41, 5.74) is 0.647. The van der Waals surface area contributed by atoms with Crippen molar-refractivity contribution in [3.63, 3.8) is 0 Å². The van der Waals surface area contributed by atoms with Crippen LogP contribution in [-0.4, -0.2) is 4.57 Å². The first-order valence-electron chi connectivity index (χ1n) is 7.38. The molecular formula is C16H23N. The van der Waals surface area contributed by atoms with E-state index in [2.05, 4.69) is 36.0 Å². The molecule has 4 aliphatic rings. The van der Waals surface area contributed by atoms with Crippen molar-refractivity contribution in [1.82, 2.24) is 4.57 Å². The smallest absolute Gasteiger partial charge is 0.0359 e. The number of hydrogen-bond acceptors (Lipinski definition) is 0. The van der Waals surface area contributed by atoms with E-state index in [1.54, 1.807) is 19.3 Å². The molecule has 1 unspecified atom stereocenters. The fourth-order valence-electron chi connectivity index (χ4n) is 5.61. The molecule has 4 fully saturated rings. The Balaban J connectivity index is 1.68. The summed E-state index contributed by atoms with van der Waals surface area (Å²) >= 11 is 0. The Morgan fingerprint density at radius 2 is 1.41 bits per heavy atom. The minimum Gasteiger partial charge on any atom is -0.351 e. The maximum absolute atomic E-state index is 2.47. The minimum absolute atomic E-state index is 0.647. The summed E-state index contributed by atoms with van der Waals surface area (Å²) in [6.45, 7) is 2.47. The van der Waals surface area contributed by atoms with Crippen LogP contribution in [0.3, 0.4) is 0 Å². The molecule has 0 spiro atoms. The molecule has 0 aliphatic heterocycles. The normalized spacial score (nSPS) is 45.1. The number of nitrogens with zero attached hydrogens (tertiary/aromatic N) is 1. The zero-order chi connectivity index (χ0) is 11.5. The van der Waals surface area contributed by atoms with Crippen LogP contribution in [0.15, 0.2) is 24.5 Å². The van der Waals surface area contributed by atoms with Gasteiger partial charge in [-0.3, -0.25) is 0 Å². The molecule has 1 aromatic rings. The van der Waals surface area contributed by atoms with E-state index < -0.39 is 0 Å². The van der Waals surface area contributed by atoms with E-state index in [4.69, 9.17) is 0 Å². The van der Waals surface area contributed by atoms with E-state index >= 15 is 0 Å². The molecule has 17 heavy (non-hydrogen) atoms. The maximum atomic E-state index is 2.47. The van der Waals surface area contributed by atoms with Gasteiger partial charge in [-0.1, -0.05) is 0 Å². The molecule has 1 nitrogen and oxygen atoms in total. The molecule has 1 heterocycles. The van der Waals surface area contributed by atoms with Gasteiger partial charge in [-0.25, -0.2) is 0 Å². The van der Waals surface area contributed by atoms with Gasteiger partial charge in [-0.15, -0.1) is 0 Å². The van der Waals surface area contributed by atoms with Crippen LogP contribution in [-0.2, 0) is 0 Å². The Hall–Kier alpha value is -0.720. The van der Waals surface area contributed by atoms with E-state index in [0.29, 0.717) is 11.5 Å². The third-order valence-electron chi connectivity index (χ3n) is 6.05. The van der Waals surface area contributed by atoms with Crippen LogP contribution in [0.5, 0.6) is 0 Å². The second-order valence-electron chi connectivity index (χ2n) is 7.09. The monoisotopic (exact) mass is 229 g/mol. The van der Waals surface area contributed by atoms with Gasteiger partial charge in [0, 0.05) is 18.4 Å². The number of hydrogen-bond donors (Lipinski definition) is 0. The molecule has 4 saturated carbocycles. The molecule has 0 saturated heterocycles. The van der Waals surface area contributed by atoms with Crippen molar-refractivity contribution in [3.8, 4) is 0 Å². The van der Waals surface area contributed by atoms with Gasteiger partial charge < -0.3 is 4.57 Å². The van der Waals surface area contributed by atoms with Crippen molar-refractivity contribution in [1.29, 1.82) is 0 Å². The average Bonchev–Trinajstić information content (AvgIpc) is 2.79. The van der Waals surface area contributed by atoms with Gasteiger partial charge in [0.1, 0.15) is 0 Å². The Morgan fingerprint density at radius 3 is 1.88 bits per heavy atom. The van der Waals surface area contributed by atoms with E-state index in [-0.39, 0.29) is 0 Å². The van der Waals surface area contributed by atoms with Gasteiger partial charge in [0.2, 0.25) is 0 Å². The number of aromatic nitrogens is 1. The summed E-state index contributed by atoms with van der Waals surface area (Å²) in [5.74, 6) is 3.21. The predicted molar refractivity (Wildman–Crippen MR) is 69.7 cm³/mol.